The molecule has 4 nitrogen and oxygen atoms in total. The highest BCUT2D eigenvalue weighted by Crippen LogP contribution is 2.39. The standard InChI is InChI=1S/C33H24N2O2/c36-32-29(23-13-5-1-6-14-23)33(24-15-7-2-8-16-24)37-28-22-21-27(34-25-17-9-3-10-18-25)31(30(28)32)35-26-19-11-4-12-20-26/h1-22,34-35H. The van der Waals surface area contributed by atoms with Gasteiger partial charge < -0.3 is 15.1 Å². The van der Waals surface area contributed by atoms with Gasteiger partial charge >= 0.3 is 0 Å². The molecule has 0 saturated heterocycles. The second-order valence-electron chi connectivity index (χ2n) is 8.71. The molecule has 5 aromatic carbocycles. The van der Waals surface area contributed by atoms with Gasteiger partial charge in [-0.2, -0.15) is 0 Å². The van der Waals surface area contributed by atoms with Gasteiger partial charge in [0.25, 0.3) is 0 Å². The predicted molar refractivity (Wildman–Crippen MR) is 153 cm³/mol. The van der Waals surface area contributed by atoms with Crippen LogP contribution in [0.4, 0.5) is 22.7 Å². The molecule has 0 atom stereocenters. The van der Waals surface area contributed by atoms with E-state index in [0.29, 0.717) is 28.0 Å². The van der Waals surface area contributed by atoms with Gasteiger partial charge in [-0.3, -0.25) is 4.79 Å². The molecule has 178 valence electrons. The summed E-state index contributed by atoms with van der Waals surface area (Å²) >= 11 is 0. The van der Waals surface area contributed by atoms with Crippen LogP contribution in [-0.4, -0.2) is 0 Å². The Kier molecular flexibility index (Phi) is 5.97. The molecule has 0 aliphatic rings. The first kappa shape index (κ1) is 22.4. The van der Waals surface area contributed by atoms with Gasteiger partial charge in [0.2, 0.25) is 5.43 Å². The molecule has 0 radical (unpaired) electrons. The van der Waals surface area contributed by atoms with E-state index >= 15 is 0 Å². The lowest BCUT2D eigenvalue weighted by Gasteiger charge is -2.18. The molecule has 2 N–H and O–H groups in total. The van der Waals surface area contributed by atoms with Crippen molar-refractivity contribution < 1.29 is 4.42 Å². The van der Waals surface area contributed by atoms with Gasteiger partial charge in [-0.25, -0.2) is 0 Å². The Morgan fingerprint density at radius 2 is 1.03 bits per heavy atom. The van der Waals surface area contributed by atoms with Crippen molar-refractivity contribution in [2.75, 3.05) is 10.6 Å². The van der Waals surface area contributed by atoms with Crippen LogP contribution in [0, 0.1) is 0 Å². The van der Waals surface area contributed by atoms with Gasteiger partial charge in [0.1, 0.15) is 11.3 Å². The number of fused-ring (bicyclic) bond motifs is 1. The van der Waals surface area contributed by atoms with Crippen LogP contribution in [0.25, 0.3) is 33.4 Å². The fourth-order valence-corrected chi connectivity index (χ4v) is 4.52. The maximum Gasteiger partial charge on any atom is 0.203 e. The molecule has 0 unspecified atom stereocenters. The molecule has 4 heteroatoms. The fraction of sp³-hybridized carbons (Fsp3) is 0. The summed E-state index contributed by atoms with van der Waals surface area (Å²) in [6, 6.07) is 43.0. The molecule has 6 rings (SSSR count). The van der Waals surface area contributed by atoms with Gasteiger partial charge in [0, 0.05) is 16.9 Å². The van der Waals surface area contributed by atoms with E-state index in [4.69, 9.17) is 4.42 Å². The van der Waals surface area contributed by atoms with Gasteiger partial charge in [-0.1, -0.05) is 97.1 Å². The van der Waals surface area contributed by atoms with E-state index in [1.807, 2.05) is 133 Å². The Morgan fingerprint density at radius 3 is 1.62 bits per heavy atom. The molecule has 1 aromatic heterocycles. The van der Waals surface area contributed by atoms with Gasteiger partial charge in [0.15, 0.2) is 0 Å². The van der Waals surface area contributed by atoms with E-state index in [-0.39, 0.29) is 5.43 Å². The molecular formula is C33H24N2O2. The zero-order chi connectivity index (χ0) is 25.0. The molecule has 6 aromatic rings. The Labute approximate surface area is 214 Å². The van der Waals surface area contributed by atoms with Crippen molar-refractivity contribution in [3.8, 4) is 22.5 Å². The van der Waals surface area contributed by atoms with Crippen LogP contribution in [0.5, 0.6) is 0 Å². The van der Waals surface area contributed by atoms with Crippen molar-refractivity contribution in [1.82, 2.24) is 0 Å². The Balaban J connectivity index is 1.65. The number of hydrogen-bond acceptors (Lipinski definition) is 4. The van der Waals surface area contributed by atoms with Crippen LogP contribution in [0.1, 0.15) is 0 Å². The molecule has 0 bridgehead atoms. The molecule has 1 heterocycles. The maximum absolute atomic E-state index is 14.4. The lowest BCUT2D eigenvalue weighted by atomic mass is 9.97. The minimum atomic E-state index is -0.0959. The predicted octanol–water partition coefficient (Wildman–Crippen LogP) is 8.61. The summed E-state index contributed by atoms with van der Waals surface area (Å²) in [6.45, 7) is 0. The molecule has 0 aliphatic heterocycles. The number of nitrogens with one attached hydrogen (secondary N) is 2. The molecular weight excluding hydrogens is 456 g/mol. The third-order valence-corrected chi connectivity index (χ3v) is 6.25. The van der Waals surface area contributed by atoms with Crippen LogP contribution in [0.3, 0.4) is 0 Å². The number of hydrogen-bond donors (Lipinski definition) is 2. The number of rotatable bonds is 6. The number of benzene rings is 5. The molecule has 0 amide bonds. The van der Waals surface area contributed by atoms with E-state index in [1.165, 1.54) is 0 Å². The second kappa shape index (κ2) is 9.88. The zero-order valence-corrected chi connectivity index (χ0v) is 20.0. The van der Waals surface area contributed by atoms with Gasteiger partial charge in [-0.05, 0) is 42.0 Å². The third kappa shape index (κ3) is 4.48. The zero-order valence-electron chi connectivity index (χ0n) is 20.0. The Morgan fingerprint density at radius 1 is 0.514 bits per heavy atom. The highest BCUT2D eigenvalue weighted by Gasteiger charge is 2.21. The Hall–Kier alpha value is -5.09. The smallest absolute Gasteiger partial charge is 0.203 e. The van der Waals surface area contributed by atoms with Crippen LogP contribution in [0.15, 0.2) is 143 Å². The van der Waals surface area contributed by atoms with E-state index in [9.17, 15) is 4.79 Å². The van der Waals surface area contributed by atoms with Crippen molar-refractivity contribution >= 4 is 33.7 Å². The molecule has 0 fully saturated rings. The summed E-state index contributed by atoms with van der Waals surface area (Å²) in [5, 5.41) is 7.46. The van der Waals surface area contributed by atoms with Crippen molar-refractivity contribution in [2.45, 2.75) is 0 Å². The summed E-state index contributed by atoms with van der Waals surface area (Å²) in [4.78, 5) is 14.4. The quantitative estimate of drug-likeness (QED) is 0.251. The van der Waals surface area contributed by atoms with Crippen LogP contribution in [-0.2, 0) is 0 Å². The average Bonchev–Trinajstić information content (AvgIpc) is 2.96. The summed E-state index contributed by atoms with van der Waals surface area (Å²) in [6.07, 6.45) is 0. The molecule has 0 aliphatic carbocycles. The largest absolute Gasteiger partial charge is 0.455 e. The first-order valence-electron chi connectivity index (χ1n) is 12.2. The van der Waals surface area contributed by atoms with Crippen molar-refractivity contribution in [1.29, 1.82) is 0 Å². The molecule has 37 heavy (non-hydrogen) atoms. The summed E-state index contributed by atoms with van der Waals surface area (Å²) in [5.74, 6) is 0.554. The summed E-state index contributed by atoms with van der Waals surface area (Å²) in [5.41, 5.74) is 5.85. The average molecular weight is 481 g/mol. The minimum absolute atomic E-state index is 0.0959. The maximum atomic E-state index is 14.4. The Bertz CT molecular complexity index is 1710. The second-order valence-corrected chi connectivity index (χ2v) is 8.71. The number of anilines is 4. The van der Waals surface area contributed by atoms with E-state index in [1.54, 1.807) is 0 Å². The van der Waals surface area contributed by atoms with E-state index < -0.39 is 0 Å². The van der Waals surface area contributed by atoms with Gasteiger partial charge in [-0.15, -0.1) is 0 Å². The lowest BCUT2D eigenvalue weighted by molar-refractivity contribution is 0.621. The first-order valence-corrected chi connectivity index (χ1v) is 12.2. The van der Waals surface area contributed by atoms with Crippen LogP contribution >= 0.6 is 0 Å². The van der Waals surface area contributed by atoms with Crippen LogP contribution in [0.2, 0.25) is 0 Å². The van der Waals surface area contributed by atoms with Gasteiger partial charge in [0.05, 0.1) is 22.3 Å². The number of para-hydroxylation sites is 2. The van der Waals surface area contributed by atoms with E-state index in [2.05, 4.69) is 10.6 Å². The molecule has 0 saturated carbocycles. The summed E-state index contributed by atoms with van der Waals surface area (Å²) in [7, 11) is 0. The highest BCUT2D eigenvalue weighted by atomic mass is 16.3. The summed E-state index contributed by atoms with van der Waals surface area (Å²) < 4.78 is 6.53. The molecule has 0 spiro atoms. The van der Waals surface area contributed by atoms with Crippen molar-refractivity contribution in [3.63, 3.8) is 0 Å². The fourth-order valence-electron chi connectivity index (χ4n) is 4.52. The van der Waals surface area contributed by atoms with Crippen LogP contribution < -0.4 is 16.1 Å². The monoisotopic (exact) mass is 480 g/mol. The van der Waals surface area contributed by atoms with E-state index in [0.717, 1.165) is 28.2 Å². The third-order valence-electron chi connectivity index (χ3n) is 6.25. The van der Waals surface area contributed by atoms with Crippen molar-refractivity contribution in [2.24, 2.45) is 0 Å². The highest BCUT2D eigenvalue weighted by molar-refractivity contribution is 6.03. The normalized spacial score (nSPS) is 10.8. The topological polar surface area (TPSA) is 54.3 Å². The SMILES string of the molecule is O=c1c(-c2ccccc2)c(-c2ccccc2)oc2ccc(Nc3ccccc3)c(Nc3ccccc3)c12. The minimum Gasteiger partial charge on any atom is -0.455 e. The van der Waals surface area contributed by atoms with Crippen molar-refractivity contribution in [3.05, 3.63) is 144 Å². The lowest BCUT2D eigenvalue weighted by Crippen LogP contribution is -2.11. The first-order chi connectivity index (χ1) is 18.3.